The number of methoxy groups -OCH3 is 1. The summed E-state index contributed by atoms with van der Waals surface area (Å²) in [6, 6.07) is 0. The molecule has 2 spiro atoms. The normalized spacial score (nSPS) is 52.2. The Bertz CT molecular complexity index is 888. The van der Waals surface area contributed by atoms with Crippen molar-refractivity contribution in [2.45, 2.75) is 117 Å². The molecular formula is C29H46O5. The van der Waals surface area contributed by atoms with Crippen molar-refractivity contribution in [2.24, 2.45) is 45.3 Å². The van der Waals surface area contributed by atoms with Crippen LogP contribution in [0, 0.1) is 45.3 Å². The quantitative estimate of drug-likeness (QED) is 0.474. The zero-order chi connectivity index (χ0) is 24.1. The molecule has 34 heavy (non-hydrogen) atoms. The maximum Gasteiger partial charge on any atom is 0.308 e. The van der Waals surface area contributed by atoms with Crippen LogP contribution < -0.4 is 0 Å². The van der Waals surface area contributed by atoms with Crippen molar-refractivity contribution in [2.75, 3.05) is 7.11 Å². The molecule has 6 aliphatic rings. The molecule has 0 aromatic heterocycles. The number of rotatable bonds is 3. The Kier molecular flexibility index (Phi) is 5.11. The molecule has 7 unspecified atom stereocenters. The molecule has 1 heterocycles. The van der Waals surface area contributed by atoms with Gasteiger partial charge in [-0.15, -0.1) is 0 Å². The maximum absolute atomic E-state index is 11.9. The van der Waals surface area contributed by atoms with Gasteiger partial charge < -0.3 is 14.2 Å². The Morgan fingerprint density at radius 3 is 2.44 bits per heavy atom. The van der Waals surface area contributed by atoms with Crippen molar-refractivity contribution < 1.29 is 25.2 Å². The average Bonchev–Trinajstić information content (AvgIpc) is 3.36. The second-order valence-corrected chi connectivity index (χ2v) is 13.8. The van der Waals surface area contributed by atoms with Gasteiger partial charge in [-0.25, -0.2) is 0 Å². The minimum atomic E-state index is -0.144. The average molecular weight is 475 g/mol. The topological polar surface area (TPSA) is 61.8 Å². The van der Waals surface area contributed by atoms with Crippen molar-refractivity contribution in [1.29, 1.82) is 0 Å². The van der Waals surface area contributed by atoms with Crippen LogP contribution in [0.3, 0.4) is 0 Å². The zero-order valence-electron chi connectivity index (χ0n) is 21.9. The molecule has 5 nitrogen and oxygen atoms in total. The van der Waals surface area contributed by atoms with Crippen LogP contribution in [0.4, 0.5) is 0 Å². The van der Waals surface area contributed by atoms with Gasteiger partial charge in [-0.2, -0.15) is 0 Å². The molecule has 192 valence electrons. The lowest BCUT2D eigenvalue weighted by Gasteiger charge is -2.59. The number of carbonyl (C=O) groups excluding carboxylic acids is 2. The second-order valence-electron chi connectivity index (χ2n) is 13.8. The van der Waals surface area contributed by atoms with Gasteiger partial charge in [0.2, 0.25) is 0 Å². The summed E-state index contributed by atoms with van der Waals surface area (Å²) in [4.78, 5) is 23.7. The van der Waals surface area contributed by atoms with Gasteiger partial charge in [-0.3, -0.25) is 9.59 Å². The summed E-state index contributed by atoms with van der Waals surface area (Å²) in [6.07, 6.45) is 13.2. The van der Waals surface area contributed by atoms with Gasteiger partial charge >= 0.3 is 11.9 Å². The van der Waals surface area contributed by atoms with Crippen molar-refractivity contribution in [3.8, 4) is 0 Å². The molecule has 1 aliphatic heterocycles. The third-order valence-electron chi connectivity index (χ3n) is 12.5. The van der Waals surface area contributed by atoms with Gasteiger partial charge in [0.15, 0.2) is 0 Å². The van der Waals surface area contributed by atoms with Crippen LogP contribution in [0.15, 0.2) is 0 Å². The van der Waals surface area contributed by atoms with Crippen LogP contribution in [0.1, 0.15) is 99.8 Å². The first-order valence-electron chi connectivity index (χ1n) is 14.0. The molecule has 5 saturated carbocycles. The first-order chi connectivity index (χ1) is 16.1. The maximum atomic E-state index is 11.9. The van der Waals surface area contributed by atoms with E-state index in [2.05, 4.69) is 20.8 Å². The molecule has 5 heteroatoms. The van der Waals surface area contributed by atoms with Crippen molar-refractivity contribution in [3.05, 3.63) is 0 Å². The largest absolute Gasteiger partial charge is 0.469 e. The van der Waals surface area contributed by atoms with Crippen molar-refractivity contribution >= 4 is 11.9 Å². The summed E-state index contributed by atoms with van der Waals surface area (Å²) in [5, 5.41) is 0. The van der Waals surface area contributed by atoms with E-state index in [9.17, 15) is 9.59 Å². The van der Waals surface area contributed by atoms with Crippen LogP contribution in [-0.4, -0.2) is 37.4 Å². The zero-order valence-corrected chi connectivity index (χ0v) is 21.9. The fourth-order valence-electron chi connectivity index (χ4n) is 11.1. The van der Waals surface area contributed by atoms with Crippen LogP contribution in [0.5, 0.6) is 0 Å². The third-order valence-corrected chi connectivity index (χ3v) is 12.5. The molecule has 0 radical (unpaired) electrons. The predicted octanol–water partition coefficient (Wildman–Crippen LogP) is 5.93. The molecule has 0 aromatic rings. The summed E-state index contributed by atoms with van der Waals surface area (Å²) >= 11 is 0. The lowest BCUT2D eigenvalue weighted by molar-refractivity contribution is -0.173. The van der Waals surface area contributed by atoms with Gasteiger partial charge in [0.1, 0.15) is 6.10 Å². The Morgan fingerprint density at radius 2 is 1.71 bits per heavy atom. The van der Waals surface area contributed by atoms with E-state index < -0.39 is 0 Å². The predicted molar refractivity (Wildman–Crippen MR) is 130 cm³/mol. The highest BCUT2D eigenvalue weighted by molar-refractivity contribution is 5.69. The molecular weight excluding hydrogens is 428 g/mol. The first-order valence-corrected chi connectivity index (χ1v) is 14.0. The summed E-state index contributed by atoms with van der Waals surface area (Å²) < 4.78 is 17.4. The summed E-state index contributed by atoms with van der Waals surface area (Å²) in [5.74, 6) is 2.62. The fourth-order valence-corrected chi connectivity index (χ4v) is 11.1. The standard InChI is InChI=1S/C29H44O5.H2/c1-17(30)33-24-10-11-29-16-28(29)13-12-27(4)20-7-6-18(14-25(31)32-5)34-22(20)15-21(27)19(28)8-9-23(29)26(24,2)3;/h18-24H,6-16H2,1-5H3;1H/t18?,19?,20?,21?,22-,23?,24-,27?,28-,29?;/m0./s1. The fraction of sp³-hybridized carbons (Fsp3) is 0.931. The Labute approximate surface area is 206 Å². The van der Waals surface area contributed by atoms with E-state index in [0.29, 0.717) is 40.6 Å². The number of ether oxygens (including phenoxy) is 3. The molecule has 1 saturated heterocycles. The smallest absolute Gasteiger partial charge is 0.308 e. The van der Waals surface area contributed by atoms with Crippen molar-refractivity contribution in [1.82, 2.24) is 0 Å². The van der Waals surface area contributed by atoms with Crippen molar-refractivity contribution in [3.63, 3.8) is 0 Å². The third kappa shape index (κ3) is 2.94. The number of fused-ring (bicyclic) bond motifs is 4. The van der Waals surface area contributed by atoms with Gasteiger partial charge in [0, 0.05) is 13.8 Å². The van der Waals surface area contributed by atoms with Crippen LogP contribution >= 0.6 is 0 Å². The van der Waals surface area contributed by atoms with E-state index in [4.69, 9.17) is 14.2 Å². The van der Waals surface area contributed by atoms with Crippen LogP contribution in [-0.2, 0) is 23.8 Å². The minimum Gasteiger partial charge on any atom is -0.469 e. The van der Waals surface area contributed by atoms with E-state index in [1.165, 1.54) is 58.5 Å². The molecule has 6 fully saturated rings. The lowest BCUT2D eigenvalue weighted by Crippen LogP contribution is -2.55. The monoisotopic (exact) mass is 474 g/mol. The summed E-state index contributed by atoms with van der Waals surface area (Å²) in [6.45, 7) is 8.91. The van der Waals surface area contributed by atoms with E-state index >= 15 is 0 Å². The summed E-state index contributed by atoms with van der Waals surface area (Å²) in [7, 11) is 1.47. The van der Waals surface area contributed by atoms with Gasteiger partial charge in [-0.05, 0) is 104 Å². The van der Waals surface area contributed by atoms with Crippen LogP contribution in [0.2, 0.25) is 0 Å². The first kappa shape index (κ1) is 23.3. The van der Waals surface area contributed by atoms with E-state index in [1.54, 1.807) is 6.92 Å². The highest BCUT2D eigenvalue weighted by Gasteiger charge is 2.80. The highest BCUT2D eigenvalue weighted by Crippen LogP contribution is 2.87. The Hall–Kier alpha value is -1.10. The van der Waals surface area contributed by atoms with Crippen LogP contribution in [0.25, 0.3) is 0 Å². The molecule has 0 amide bonds. The molecule has 0 N–H and O–H groups in total. The summed E-state index contributed by atoms with van der Waals surface area (Å²) in [5.41, 5.74) is 1.43. The second kappa shape index (κ2) is 7.46. The number of esters is 2. The lowest BCUT2D eigenvalue weighted by atomic mass is 9.46. The number of hydrogen-bond acceptors (Lipinski definition) is 5. The SMILES string of the molecule is COC(=O)CC1CCC2[C@H](CC3C4CCC5C(C)(C)[C@@H](OC(C)=O)CCC56C[C@@]46CCC32C)O1.[HH]. The highest BCUT2D eigenvalue weighted by atomic mass is 16.5. The Balaban J connectivity index is 0.00000253. The minimum absolute atomic E-state index is 0. The molecule has 0 bridgehead atoms. The molecule has 0 aromatic carbocycles. The van der Waals surface area contributed by atoms with Gasteiger partial charge in [-0.1, -0.05) is 20.8 Å². The molecule has 5 aliphatic carbocycles. The van der Waals surface area contributed by atoms with E-state index in [-0.39, 0.29) is 31.0 Å². The Morgan fingerprint density at radius 1 is 0.941 bits per heavy atom. The van der Waals surface area contributed by atoms with E-state index in [1.807, 2.05) is 0 Å². The van der Waals surface area contributed by atoms with Gasteiger partial charge in [0.25, 0.3) is 0 Å². The molecule has 6 rings (SSSR count). The van der Waals surface area contributed by atoms with E-state index in [0.717, 1.165) is 24.7 Å². The van der Waals surface area contributed by atoms with Gasteiger partial charge in [0.05, 0.1) is 25.7 Å². The number of hydrogen-bond donors (Lipinski definition) is 0. The number of carbonyl (C=O) groups is 2. The molecule has 10 atom stereocenters.